The van der Waals surface area contributed by atoms with Crippen molar-refractivity contribution in [3.63, 3.8) is 0 Å². The first-order valence-electron chi connectivity index (χ1n) is 10.9. The Morgan fingerprint density at radius 1 is 1.03 bits per heavy atom. The maximum atomic E-state index is 15.7. The van der Waals surface area contributed by atoms with Crippen molar-refractivity contribution in [1.82, 2.24) is 19.2 Å². The van der Waals surface area contributed by atoms with E-state index < -0.39 is 5.83 Å². The maximum absolute atomic E-state index is 15.7. The summed E-state index contributed by atoms with van der Waals surface area (Å²) in [6, 6.07) is 12.9. The number of hydrogen-bond acceptors (Lipinski definition) is 4. The molecule has 2 heterocycles. The van der Waals surface area contributed by atoms with Crippen molar-refractivity contribution in [2.45, 2.75) is 33.2 Å². The van der Waals surface area contributed by atoms with Gasteiger partial charge in [0.15, 0.2) is 5.83 Å². The second-order valence-electron chi connectivity index (χ2n) is 7.77. The molecule has 0 saturated carbocycles. The van der Waals surface area contributed by atoms with Crippen molar-refractivity contribution < 1.29 is 4.39 Å². The first-order valence-corrected chi connectivity index (χ1v) is 10.9. The zero-order valence-electron chi connectivity index (χ0n) is 18.7. The lowest BCUT2D eigenvalue weighted by molar-refractivity contribution is 0.260. The van der Waals surface area contributed by atoms with E-state index in [4.69, 9.17) is 16.6 Å². The highest BCUT2D eigenvalue weighted by molar-refractivity contribution is 5.93. The van der Waals surface area contributed by atoms with Crippen LogP contribution in [-0.2, 0) is 13.6 Å². The van der Waals surface area contributed by atoms with Crippen molar-refractivity contribution in [3.8, 4) is 11.4 Å². The summed E-state index contributed by atoms with van der Waals surface area (Å²) >= 11 is 0. The van der Waals surface area contributed by atoms with E-state index in [1.54, 1.807) is 16.8 Å². The quantitative estimate of drug-likeness (QED) is 0.507. The summed E-state index contributed by atoms with van der Waals surface area (Å²) in [5, 5.41) is 4.72. The van der Waals surface area contributed by atoms with E-state index in [1.807, 2.05) is 48.1 Å². The molecule has 0 spiro atoms. The van der Waals surface area contributed by atoms with Gasteiger partial charge >= 0.3 is 0 Å². The Kier molecular flexibility index (Phi) is 7.52. The van der Waals surface area contributed by atoms with E-state index in [-0.39, 0.29) is 11.3 Å². The van der Waals surface area contributed by atoms with E-state index in [9.17, 15) is 0 Å². The van der Waals surface area contributed by atoms with Crippen molar-refractivity contribution in [2.75, 3.05) is 25.4 Å². The summed E-state index contributed by atoms with van der Waals surface area (Å²) in [7, 11) is 1.90. The Bertz CT molecular complexity index is 1010. The maximum Gasteiger partial charge on any atom is 0.159 e. The molecule has 0 atom stereocenters. The fraction of sp³-hybridized carbons (Fsp3) is 0.375. The predicted octanol–water partition coefficient (Wildman–Crippen LogP) is 4.35. The summed E-state index contributed by atoms with van der Waals surface area (Å²) in [4.78, 5) is 2.38. The van der Waals surface area contributed by atoms with Crippen LogP contribution in [0.1, 0.15) is 37.8 Å². The van der Waals surface area contributed by atoms with Gasteiger partial charge in [0.25, 0.3) is 0 Å². The van der Waals surface area contributed by atoms with Crippen molar-refractivity contribution in [1.29, 1.82) is 0 Å². The van der Waals surface area contributed by atoms with Gasteiger partial charge in [-0.3, -0.25) is 0 Å². The van der Waals surface area contributed by atoms with Gasteiger partial charge in [-0.05, 0) is 38.1 Å². The molecule has 0 amide bonds. The number of aromatic nitrogens is 3. The van der Waals surface area contributed by atoms with Gasteiger partial charge in [0.05, 0.1) is 23.5 Å². The molecule has 3 aromatic rings. The molecule has 166 valence electrons. The third kappa shape index (κ3) is 4.99. The summed E-state index contributed by atoms with van der Waals surface area (Å²) in [6.07, 6.45) is 4.07. The Morgan fingerprint density at radius 3 is 2.29 bits per heavy atom. The number of aryl methyl sites for hydroxylation is 1. The van der Waals surface area contributed by atoms with E-state index in [1.165, 1.54) is 0 Å². The molecular formula is C24H33FN6. The van der Waals surface area contributed by atoms with Crippen LogP contribution in [-0.4, -0.2) is 38.9 Å². The van der Waals surface area contributed by atoms with Crippen LogP contribution in [0.4, 0.5) is 10.2 Å². The molecule has 0 radical (unpaired) electrons. The highest BCUT2D eigenvalue weighted by atomic mass is 19.1. The van der Waals surface area contributed by atoms with Gasteiger partial charge in [0, 0.05) is 25.4 Å². The summed E-state index contributed by atoms with van der Waals surface area (Å²) in [6.45, 7) is 7.76. The van der Waals surface area contributed by atoms with Crippen molar-refractivity contribution in [2.24, 2.45) is 12.8 Å². The molecule has 6 nitrogen and oxygen atoms in total. The second-order valence-corrected chi connectivity index (χ2v) is 7.77. The largest absolute Gasteiger partial charge is 0.396 e. The minimum Gasteiger partial charge on any atom is -0.396 e. The second kappa shape index (κ2) is 10.3. The van der Waals surface area contributed by atoms with Gasteiger partial charge in [-0.1, -0.05) is 44.2 Å². The van der Waals surface area contributed by atoms with Gasteiger partial charge in [0.1, 0.15) is 11.5 Å². The molecule has 0 aliphatic heterocycles. The minimum absolute atomic E-state index is 0.0564. The lowest BCUT2D eigenvalue weighted by Gasteiger charge is -2.21. The Morgan fingerprint density at radius 2 is 1.71 bits per heavy atom. The number of nitrogens with zero attached hydrogens (tertiary/aromatic N) is 4. The molecule has 0 aliphatic rings. The first kappa shape index (κ1) is 22.6. The molecule has 1 aromatic carbocycles. The molecule has 0 unspecified atom stereocenters. The number of nitrogens with two attached hydrogens (primary N) is 2. The molecule has 2 aromatic heterocycles. The van der Waals surface area contributed by atoms with Gasteiger partial charge in [-0.25, -0.2) is 9.07 Å². The summed E-state index contributed by atoms with van der Waals surface area (Å²) in [5.41, 5.74) is 14.9. The van der Waals surface area contributed by atoms with Crippen LogP contribution < -0.4 is 11.5 Å². The van der Waals surface area contributed by atoms with Crippen LogP contribution >= 0.6 is 0 Å². The monoisotopic (exact) mass is 424 g/mol. The van der Waals surface area contributed by atoms with Crippen LogP contribution in [0.2, 0.25) is 0 Å². The zero-order valence-corrected chi connectivity index (χ0v) is 18.7. The van der Waals surface area contributed by atoms with E-state index in [2.05, 4.69) is 18.7 Å². The third-order valence-corrected chi connectivity index (χ3v) is 5.43. The van der Waals surface area contributed by atoms with E-state index >= 15 is 4.39 Å². The Labute approximate surface area is 184 Å². The third-order valence-electron chi connectivity index (χ3n) is 5.43. The number of hydrogen-bond donors (Lipinski definition) is 2. The summed E-state index contributed by atoms with van der Waals surface area (Å²) < 4.78 is 19.3. The number of benzene rings is 1. The topological polar surface area (TPSA) is 78.0 Å². The SMILES string of the molecule is CCCN(CCC)CCn1nc(-c2cccn2C)c(/C(F)=C(\N)c2ccccc2)c1N. The number of halogens is 1. The lowest BCUT2D eigenvalue weighted by atomic mass is 10.1. The lowest BCUT2D eigenvalue weighted by Crippen LogP contribution is -2.29. The molecule has 31 heavy (non-hydrogen) atoms. The standard InChI is InChI=1S/C24H33FN6/c1-4-13-30(14-5-2)16-17-31-24(27)20(23(28-31)19-12-9-15-29(19)3)21(25)22(26)18-10-7-6-8-11-18/h6-12,15H,4-5,13-14,16-17,26-27H2,1-3H3/b22-21+. The van der Waals surface area contributed by atoms with Gasteiger partial charge < -0.3 is 20.9 Å². The predicted molar refractivity (Wildman–Crippen MR) is 127 cm³/mol. The minimum atomic E-state index is -0.551. The summed E-state index contributed by atoms with van der Waals surface area (Å²) in [5.74, 6) is -0.259. The Hall–Kier alpha value is -3.06. The fourth-order valence-corrected chi connectivity index (χ4v) is 3.83. The van der Waals surface area contributed by atoms with Crippen LogP contribution in [0.15, 0.2) is 48.7 Å². The smallest absolute Gasteiger partial charge is 0.159 e. The van der Waals surface area contributed by atoms with E-state index in [0.29, 0.717) is 23.6 Å². The molecule has 3 rings (SSSR count). The van der Waals surface area contributed by atoms with Crippen LogP contribution in [0.5, 0.6) is 0 Å². The zero-order chi connectivity index (χ0) is 22.4. The van der Waals surface area contributed by atoms with Crippen molar-refractivity contribution >= 4 is 17.3 Å². The molecule has 4 N–H and O–H groups in total. The molecule has 0 saturated heterocycles. The average molecular weight is 425 g/mol. The van der Waals surface area contributed by atoms with Gasteiger partial charge in [-0.2, -0.15) is 5.10 Å². The van der Waals surface area contributed by atoms with Gasteiger partial charge in [0.2, 0.25) is 0 Å². The average Bonchev–Trinajstić information content (AvgIpc) is 3.34. The molecule has 0 bridgehead atoms. The first-order chi connectivity index (χ1) is 15.0. The van der Waals surface area contributed by atoms with E-state index in [0.717, 1.165) is 38.2 Å². The number of anilines is 1. The molecule has 7 heteroatoms. The van der Waals surface area contributed by atoms with Crippen LogP contribution in [0.25, 0.3) is 22.9 Å². The highest BCUT2D eigenvalue weighted by Gasteiger charge is 2.24. The van der Waals surface area contributed by atoms with Crippen LogP contribution in [0.3, 0.4) is 0 Å². The highest BCUT2D eigenvalue weighted by Crippen LogP contribution is 2.36. The van der Waals surface area contributed by atoms with Crippen LogP contribution in [0, 0.1) is 0 Å². The molecular weight excluding hydrogens is 391 g/mol. The molecule has 0 fully saturated rings. The van der Waals surface area contributed by atoms with Crippen molar-refractivity contribution in [3.05, 3.63) is 59.8 Å². The Balaban J connectivity index is 2.04. The number of rotatable bonds is 10. The fourth-order valence-electron chi connectivity index (χ4n) is 3.83. The van der Waals surface area contributed by atoms with Gasteiger partial charge in [-0.15, -0.1) is 0 Å². The normalized spacial score (nSPS) is 12.4. The molecule has 0 aliphatic carbocycles. The number of nitrogen functional groups attached to an aromatic ring is 1.